The fourth-order valence-corrected chi connectivity index (χ4v) is 8.65. The van der Waals surface area contributed by atoms with E-state index in [9.17, 15) is 33.6 Å². The van der Waals surface area contributed by atoms with Crippen LogP contribution in [0, 0.1) is 0 Å². The Morgan fingerprint density at radius 2 is 1.38 bits per heavy atom. The molecule has 0 saturated carbocycles. The second-order valence-corrected chi connectivity index (χ2v) is 17.6. The van der Waals surface area contributed by atoms with Crippen LogP contribution in [0.25, 0.3) is 0 Å². The van der Waals surface area contributed by atoms with Crippen LogP contribution in [0.2, 0.25) is 0 Å². The number of ether oxygens (including phenoxy) is 3. The van der Waals surface area contributed by atoms with Gasteiger partial charge in [-0.25, -0.2) is 4.98 Å². The molecule has 0 saturated heterocycles. The molecule has 1 atom stereocenters. The van der Waals surface area contributed by atoms with Gasteiger partial charge in [-0.3, -0.25) is 43.5 Å². The molecule has 6 aromatic rings. The van der Waals surface area contributed by atoms with Crippen molar-refractivity contribution < 1.29 is 47.8 Å². The average molecular weight is 997 g/mol. The summed E-state index contributed by atoms with van der Waals surface area (Å²) >= 11 is 0. The molecule has 2 aromatic carbocycles. The largest absolute Gasteiger partial charge is 0.493 e. The molecule has 4 aromatic heterocycles. The van der Waals surface area contributed by atoms with Crippen LogP contribution in [0.3, 0.4) is 0 Å². The van der Waals surface area contributed by atoms with Gasteiger partial charge in [-0.15, -0.1) is 0 Å². The van der Waals surface area contributed by atoms with Gasteiger partial charge in [-0.05, 0) is 60.7 Å². The van der Waals surface area contributed by atoms with Crippen LogP contribution in [0.5, 0.6) is 11.5 Å². The highest BCUT2D eigenvalue weighted by Gasteiger charge is 2.36. The third-order valence-electron chi connectivity index (χ3n) is 12.4. The summed E-state index contributed by atoms with van der Waals surface area (Å²) in [6, 6.07) is 15.7. The summed E-state index contributed by atoms with van der Waals surface area (Å²) in [4.78, 5) is 101. The molecule has 0 bridgehead atoms. The second-order valence-electron chi connectivity index (χ2n) is 17.6. The molecule has 22 nitrogen and oxygen atoms in total. The lowest BCUT2D eigenvalue weighted by Crippen LogP contribution is -2.37. The van der Waals surface area contributed by atoms with Gasteiger partial charge in [0, 0.05) is 103 Å². The van der Waals surface area contributed by atoms with Gasteiger partial charge in [0.1, 0.15) is 17.1 Å². The molecule has 73 heavy (non-hydrogen) atoms. The van der Waals surface area contributed by atoms with Crippen LogP contribution in [0.4, 0.5) is 28.6 Å². The van der Waals surface area contributed by atoms with E-state index in [1.807, 2.05) is 24.3 Å². The van der Waals surface area contributed by atoms with E-state index in [1.165, 1.54) is 35.6 Å². The Labute approximate surface area is 419 Å². The SMILES string of the molecule is COC(=O)CCCCNC(=O)c1cc(NC(=O)c2cc(NC(=O)c3nc(NC(=O)c4cc(CNC(=O)CCCOc5cc6c(cc5OC)C(=O)N5c7ccccc7C[C@H]5C=N6)cn4C)cn3C)cn2C)cn1C. The number of hydrogen-bond donors (Lipinski definition) is 5. The molecule has 0 fully saturated rings. The topological polar surface area (TPSA) is 256 Å². The van der Waals surface area contributed by atoms with Gasteiger partial charge < -0.3 is 59.1 Å². The molecule has 0 spiro atoms. The molecular formula is C51H56N12O10. The first-order valence-corrected chi connectivity index (χ1v) is 23.5. The minimum absolute atomic E-state index is 0.0145. The Hall–Kier alpha value is -8.95. The zero-order valence-electron chi connectivity index (χ0n) is 41.2. The minimum atomic E-state index is -0.596. The Balaban J connectivity index is 0.781. The van der Waals surface area contributed by atoms with Gasteiger partial charge in [-0.1, -0.05) is 18.2 Å². The molecule has 22 heteroatoms. The Kier molecular flexibility index (Phi) is 15.2. The van der Waals surface area contributed by atoms with Gasteiger partial charge in [0.15, 0.2) is 17.3 Å². The van der Waals surface area contributed by atoms with E-state index in [0.717, 1.165) is 11.3 Å². The number of aryl methyl sites for hydroxylation is 4. The number of nitrogens with one attached hydrogen (secondary N) is 5. The lowest BCUT2D eigenvalue weighted by molar-refractivity contribution is -0.140. The van der Waals surface area contributed by atoms with Gasteiger partial charge in [-0.2, -0.15) is 0 Å². The maximum atomic E-state index is 13.7. The first-order chi connectivity index (χ1) is 35.1. The highest BCUT2D eigenvalue weighted by Crippen LogP contribution is 2.41. The number of rotatable bonds is 20. The molecule has 0 aliphatic carbocycles. The van der Waals surface area contributed by atoms with Crippen molar-refractivity contribution in [2.75, 3.05) is 48.2 Å². The van der Waals surface area contributed by atoms with Gasteiger partial charge in [0.05, 0.1) is 49.5 Å². The average Bonchev–Trinajstić information content (AvgIpc) is 4.19. The number of para-hydroxylation sites is 1. The lowest BCUT2D eigenvalue weighted by atomic mass is 10.1. The summed E-state index contributed by atoms with van der Waals surface area (Å²) in [6.07, 6.45) is 10.8. The van der Waals surface area contributed by atoms with Crippen molar-refractivity contribution in [3.63, 3.8) is 0 Å². The van der Waals surface area contributed by atoms with Gasteiger partial charge >= 0.3 is 5.97 Å². The fourth-order valence-electron chi connectivity index (χ4n) is 8.65. The number of anilines is 4. The van der Waals surface area contributed by atoms with Gasteiger partial charge in [0.2, 0.25) is 11.7 Å². The molecule has 6 amide bonds. The molecule has 6 heterocycles. The quantitative estimate of drug-likeness (QED) is 0.0501. The molecule has 0 unspecified atom stereocenters. The molecule has 2 aliphatic heterocycles. The van der Waals surface area contributed by atoms with E-state index in [1.54, 1.807) is 91.3 Å². The van der Waals surface area contributed by atoms with Crippen LogP contribution in [-0.2, 0) is 55.5 Å². The number of fused-ring (bicyclic) bond motifs is 4. The number of carbonyl (C=O) groups is 7. The molecule has 8 rings (SSSR count). The number of hydrogen-bond acceptors (Lipinski definition) is 12. The van der Waals surface area contributed by atoms with Crippen LogP contribution in [0.1, 0.15) is 95.7 Å². The van der Waals surface area contributed by atoms with Crippen LogP contribution >= 0.6 is 0 Å². The molecule has 2 aliphatic rings. The number of unbranched alkanes of at least 4 members (excludes halogenated alkanes) is 1. The summed E-state index contributed by atoms with van der Waals surface area (Å²) in [5.41, 5.74) is 5.06. The van der Waals surface area contributed by atoms with Gasteiger partial charge in [0.25, 0.3) is 29.5 Å². The van der Waals surface area contributed by atoms with E-state index in [0.29, 0.717) is 77.6 Å². The second kappa shape index (κ2) is 22.0. The standard InChI is InChI=1S/C51H56N12O10/c1-59-26-30(24-54-44(64)14-11-17-73-42-23-36-35(22-41(42)71-5)51(70)63-34(25-53-36)19-31-12-7-8-13-37(31)63)18-38(59)49(68)58-43-29-62(4)46(57-43)50(69)56-33-21-40(61(3)28-33)48(67)55-32-20-39(60(2)27-32)47(66)52-16-10-9-15-45(65)72-6/h7-8,12-13,18,20-23,25-29,34H,9-11,14-17,19,24H2,1-6H3,(H,52,66)(H,54,64)(H,55,67)(H,56,69)(H,58,68)/t34-/m0/s1. The van der Waals surface area contributed by atoms with E-state index in [2.05, 4.69) is 41.3 Å². The smallest absolute Gasteiger partial charge is 0.305 e. The summed E-state index contributed by atoms with van der Waals surface area (Å²) in [7, 11) is 9.44. The monoisotopic (exact) mass is 996 g/mol. The first-order valence-electron chi connectivity index (χ1n) is 23.5. The summed E-state index contributed by atoms with van der Waals surface area (Å²) in [5, 5.41) is 13.9. The zero-order valence-corrected chi connectivity index (χ0v) is 41.2. The number of aromatic nitrogens is 5. The third kappa shape index (κ3) is 11.5. The molecule has 380 valence electrons. The minimum Gasteiger partial charge on any atom is -0.493 e. The van der Waals surface area contributed by atoms with E-state index >= 15 is 0 Å². The van der Waals surface area contributed by atoms with Crippen LogP contribution in [-0.4, -0.2) is 104 Å². The number of carbonyl (C=O) groups excluding carboxylic acids is 7. The maximum Gasteiger partial charge on any atom is 0.305 e. The van der Waals surface area contributed by atoms with Crippen molar-refractivity contribution in [1.29, 1.82) is 0 Å². The predicted molar refractivity (Wildman–Crippen MR) is 270 cm³/mol. The number of amides is 6. The summed E-state index contributed by atoms with van der Waals surface area (Å²) in [6.45, 7) is 0.732. The maximum absolute atomic E-state index is 13.7. The van der Waals surface area contributed by atoms with Crippen LogP contribution < -0.4 is 41.0 Å². The zero-order chi connectivity index (χ0) is 51.9. The number of aliphatic imine (C=N–C) groups is 1. The molecule has 0 radical (unpaired) electrons. The van der Waals surface area contributed by atoms with Crippen molar-refractivity contribution in [3.8, 4) is 11.5 Å². The highest BCUT2D eigenvalue weighted by molar-refractivity contribution is 6.15. The number of esters is 1. The highest BCUT2D eigenvalue weighted by atomic mass is 16.5. The van der Waals surface area contributed by atoms with E-state index in [4.69, 9.17) is 9.47 Å². The number of methoxy groups -OCH3 is 2. The van der Waals surface area contributed by atoms with E-state index in [-0.39, 0.29) is 78.8 Å². The summed E-state index contributed by atoms with van der Waals surface area (Å²) < 4.78 is 22.4. The van der Waals surface area contributed by atoms with Crippen molar-refractivity contribution in [2.45, 2.75) is 51.1 Å². The van der Waals surface area contributed by atoms with Crippen molar-refractivity contribution in [2.24, 2.45) is 33.2 Å². The Bertz CT molecular complexity index is 3160. The predicted octanol–water partition coefficient (Wildman–Crippen LogP) is 5.04. The molecular weight excluding hydrogens is 941 g/mol. The Morgan fingerprint density at radius 3 is 2.12 bits per heavy atom. The summed E-state index contributed by atoms with van der Waals surface area (Å²) in [5.74, 6) is -1.70. The van der Waals surface area contributed by atoms with Crippen LogP contribution in [0.15, 0.2) is 84.4 Å². The van der Waals surface area contributed by atoms with Crippen molar-refractivity contribution >= 4 is 76.2 Å². The fraction of sp³-hybridized carbons (Fsp3) is 0.314. The third-order valence-corrected chi connectivity index (χ3v) is 12.4. The van der Waals surface area contributed by atoms with E-state index < -0.39 is 17.7 Å². The first kappa shape index (κ1) is 50.4. The number of imidazole rings is 1. The molecule has 5 N–H and O–H groups in total. The lowest BCUT2D eigenvalue weighted by Gasteiger charge is -2.22. The number of nitrogens with zero attached hydrogens (tertiary/aromatic N) is 7. The van der Waals surface area contributed by atoms with Crippen molar-refractivity contribution in [1.82, 2.24) is 33.9 Å². The number of benzene rings is 2. The normalized spacial score (nSPS) is 13.3. The van der Waals surface area contributed by atoms with Crippen molar-refractivity contribution in [3.05, 3.63) is 119 Å². The Morgan fingerprint density at radius 1 is 0.699 bits per heavy atom.